The normalized spacial score (nSPS) is 18.6. The molecule has 1 aromatic rings. The van der Waals surface area contributed by atoms with E-state index in [9.17, 15) is 9.50 Å². The quantitative estimate of drug-likeness (QED) is 0.741. The van der Waals surface area contributed by atoms with Crippen LogP contribution in [0.15, 0.2) is 18.2 Å². The van der Waals surface area contributed by atoms with Gasteiger partial charge in [-0.25, -0.2) is 4.39 Å². The number of halogens is 1. The van der Waals surface area contributed by atoms with Gasteiger partial charge in [-0.05, 0) is 42.4 Å². The van der Waals surface area contributed by atoms with Crippen molar-refractivity contribution in [3.63, 3.8) is 0 Å². The highest BCUT2D eigenvalue weighted by atomic mass is 19.1. The Labute approximate surface area is 77.2 Å². The van der Waals surface area contributed by atoms with E-state index in [0.29, 0.717) is 0 Å². The van der Waals surface area contributed by atoms with E-state index in [-0.39, 0.29) is 11.2 Å². The van der Waals surface area contributed by atoms with Gasteiger partial charge in [0, 0.05) is 0 Å². The van der Waals surface area contributed by atoms with Gasteiger partial charge in [0.15, 0.2) is 11.6 Å². The van der Waals surface area contributed by atoms with Crippen molar-refractivity contribution in [3.05, 3.63) is 29.6 Å². The first-order valence-corrected chi connectivity index (χ1v) is 4.67. The molecule has 0 radical (unpaired) electrons. The fourth-order valence-corrected chi connectivity index (χ4v) is 1.84. The van der Waals surface area contributed by atoms with E-state index >= 15 is 0 Å². The van der Waals surface area contributed by atoms with Gasteiger partial charge >= 0.3 is 0 Å². The van der Waals surface area contributed by atoms with Crippen LogP contribution in [0.2, 0.25) is 0 Å². The van der Waals surface area contributed by atoms with Crippen LogP contribution in [0, 0.1) is 5.82 Å². The van der Waals surface area contributed by atoms with Crippen LogP contribution < -0.4 is 0 Å². The summed E-state index contributed by atoms with van der Waals surface area (Å²) in [7, 11) is 0. The maximum absolute atomic E-state index is 12.8. The highest BCUT2D eigenvalue weighted by Crippen LogP contribution is 2.51. The largest absolute Gasteiger partial charge is 0.505 e. The van der Waals surface area contributed by atoms with Crippen LogP contribution in [-0.4, -0.2) is 5.11 Å². The second-order valence-corrected chi connectivity index (χ2v) is 3.80. The number of phenols is 1. The first-order valence-electron chi connectivity index (χ1n) is 4.67. The Morgan fingerprint density at radius 1 is 1.46 bits per heavy atom. The van der Waals surface area contributed by atoms with E-state index in [1.165, 1.54) is 6.07 Å². The maximum atomic E-state index is 12.8. The summed E-state index contributed by atoms with van der Waals surface area (Å²) in [4.78, 5) is 0. The second-order valence-electron chi connectivity index (χ2n) is 3.80. The molecule has 1 N–H and O–H groups in total. The Morgan fingerprint density at radius 2 is 2.15 bits per heavy atom. The van der Waals surface area contributed by atoms with Crippen molar-refractivity contribution in [2.24, 2.45) is 0 Å². The molecule has 0 aliphatic heterocycles. The molecule has 2 heteroatoms. The smallest absolute Gasteiger partial charge is 0.164 e. The van der Waals surface area contributed by atoms with Crippen LogP contribution in [-0.2, 0) is 5.41 Å². The Bertz CT molecular complexity index is 329. The minimum absolute atomic E-state index is 0.225. The van der Waals surface area contributed by atoms with Gasteiger partial charge < -0.3 is 5.11 Å². The highest BCUT2D eigenvalue weighted by Gasteiger charge is 2.42. The number of rotatable bonds is 2. The monoisotopic (exact) mass is 180 g/mol. The molecular weight excluding hydrogens is 167 g/mol. The van der Waals surface area contributed by atoms with Crippen LogP contribution in [0.3, 0.4) is 0 Å². The van der Waals surface area contributed by atoms with Crippen molar-refractivity contribution in [3.8, 4) is 5.75 Å². The lowest BCUT2D eigenvalue weighted by Gasteiger charge is -2.12. The summed E-state index contributed by atoms with van der Waals surface area (Å²) in [5.74, 6) is -0.757. The molecule has 1 aliphatic carbocycles. The molecule has 1 nitrogen and oxygen atoms in total. The molecule has 13 heavy (non-hydrogen) atoms. The van der Waals surface area contributed by atoms with Crippen molar-refractivity contribution in [1.29, 1.82) is 0 Å². The lowest BCUT2D eigenvalue weighted by molar-refractivity contribution is 0.430. The van der Waals surface area contributed by atoms with E-state index in [2.05, 4.69) is 6.92 Å². The van der Waals surface area contributed by atoms with Gasteiger partial charge in [-0.1, -0.05) is 13.0 Å². The zero-order valence-electron chi connectivity index (χ0n) is 7.68. The Balaban J connectivity index is 2.37. The predicted octanol–water partition coefficient (Wildman–Crippen LogP) is 2.97. The number of hydrogen-bond donors (Lipinski definition) is 1. The molecule has 2 rings (SSSR count). The van der Waals surface area contributed by atoms with Crippen LogP contribution in [0.1, 0.15) is 31.7 Å². The Hall–Kier alpha value is -1.05. The molecule has 0 amide bonds. The molecule has 0 bridgehead atoms. The topological polar surface area (TPSA) is 20.2 Å². The number of aromatic hydroxyl groups is 1. The Kier molecular flexibility index (Phi) is 1.79. The third-order valence-corrected chi connectivity index (χ3v) is 3.09. The van der Waals surface area contributed by atoms with Crippen molar-refractivity contribution in [2.45, 2.75) is 31.6 Å². The highest BCUT2D eigenvalue weighted by molar-refractivity contribution is 5.37. The van der Waals surface area contributed by atoms with Gasteiger partial charge in [-0.3, -0.25) is 0 Å². The van der Waals surface area contributed by atoms with Crippen LogP contribution in [0.4, 0.5) is 4.39 Å². The lowest BCUT2D eigenvalue weighted by Crippen LogP contribution is -2.03. The molecule has 1 fully saturated rings. The van der Waals surface area contributed by atoms with Gasteiger partial charge in [-0.15, -0.1) is 0 Å². The predicted molar refractivity (Wildman–Crippen MR) is 49.3 cm³/mol. The first kappa shape index (κ1) is 8.54. The van der Waals surface area contributed by atoms with Gasteiger partial charge in [0.1, 0.15) is 0 Å². The summed E-state index contributed by atoms with van der Waals surface area (Å²) in [6.07, 6.45) is 3.39. The molecule has 0 aromatic heterocycles. The van der Waals surface area contributed by atoms with E-state index in [1.807, 2.05) is 0 Å². The third-order valence-electron chi connectivity index (χ3n) is 3.09. The minimum atomic E-state index is -0.532. The maximum Gasteiger partial charge on any atom is 0.164 e. The first-order chi connectivity index (χ1) is 6.18. The molecule has 0 saturated heterocycles. The molecule has 1 saturated carbocycles. The summed E-state index contributed by atoms with van der Waals surface area (Å²) in [6.45, 7) is 2.13. The zero-order valence-corrected chi connectivity index (χ0v) is 7.68. The summed E-state index contributed by atoms with van der Waals surface area (Å²) in [6, 6.07) is 4.69. The fraction of sp³-hybridized carbons (Fsp3) is 0.455. The summed E-state index contributed by atoms with van der Waals surface area (Å²) >= 11 is 0. The number of phenolic OH excluding ortho intramolecular Hbond substituents is 1. The van der Waals surface area contributed by atoms with Crippen LogP contribution in [0.25, 0.3) is 0 Å². The van der Waals surface area contributed by atoms with Crippen LogP contribution in [0.5, 0.6) is 5.75 Å². The second kappa shape index (κ2) is 2.72. The van der Waals surface area contributed by atoms with Crippen molar-refractivity contribution < 1.29 is 9.50 Å². The third kappa shape index (κ3) is 1.30. The Morgan fingerprint density at radius 3 is 2.62 bits per heavy atom. The SMILES string of the molecule is CCC1(c2ccc(F)c(O)c2)CC1. The van der Waals surface area contributed by atoms with E-state index < -0.39 is 5.82 Å². The van der Waals surface area contributed by atoms with E-state index in [1.54, 1.807) is 12.1 Å². The fourth-order valence-electron chi connectivity index (χ4n) is 1.84. The molecule has 0 heterocycles. The molecule has 0 atom stereocenters. The molecule has 0 spiro atoms. The average molecular weight is 180 g/mol. The minimum Gasteiger partial charge on any atom is -0.505 e. The average Bonchev–Trinajstić information content (AvgIpc) is 2.90. The van der Waals surface area contributed by atoms with Crippen molar-refractivity contribution in [1.82, 2.24) is 0 Å². The van der Waals surface area contributed by atoms with Gasteiger partial charge in [0.2, 0.25) is 0 Å². The molecule has 1 aromatic carbocycles. The number of hydrogen-bond acceptors (Lipinski definition) is 1. The molecule has 70 valence electrons. The summed E-state index contributed by atoms with van der Waals surface area (Å²) < 4.78 is 12.8. The van der Waals surface area contributed by atoms with Crippen LogP contribution >= 0.6 is 0 Å². The number of benzene rings is 1. The summed E-state index contributed by atoms with van der Waals surface area (Å²) in [5, 5.41) is 9.21. The van der Waals surface area contributed by atoms with E-state index in [4.69, 9.17) is 0 Å². The van der Waals surface area contributed by atoms with E-state index in [0.717, 1.165) is 24.8 Å². The molecule has 0 unspecified atom stereocenters. The van der Waals surface area contributed by atoms with Crippen molar-refractivity contribution >= 4 is 0 Å². The molecular formula is C11H13FO. The lowest BCUT2D eigenvalue weighted by atomic mass is 9.93. The standard InChI is InChI=1S/C11H13FO/c1-2-11(5-6-11)8-3-4-9(12)10(13)7-8/h3-4,7,13H,2,5-6H2,1H3. The van der Waals surface area contributed by atoms with Gasteiger partial charge in [0.05, 0.1) is 0 Å². The zero-order chi connectivity index (χ0) is 9.47. The summed E-state index contributed by atoms with van der Waals surface area (Å²) in [5.41, 5.74) is 1.32. The van der Waals surface area contributed by atoms with Gasteiger partial charge in [0.25, 0.3) is 0 Å². The van der Waals surface area contributed by atoms with Crippen molar-refractivity contribution in [2.75, 3.05) is 0 Å². The van der Waals surface area contributed by atoms with Gasteiger partial charge in [-0.2, -0.15) is 0 Å². The molecule has 1 aliphatic rings.